The van der Waals surface area contributed by atoms with Gasteiger partial charge < -0.3 is 10.2 Å². The molecule has 0 radical (unpaired) electrons. The van der Waals surface area contributed by atoms with Crippen LogP contribution in [0.2, 0.25) is 0 Å². The molecule has 1 saturated heterocycles. The molecule has 8 heteroatoms. The highest BCUT2D eigenvalue weighted by Gasteiger charge is 2.26. The van der Waals surface area contributed by atoms with Crippen LogP contribution in [0.5, 0.6) is 0 Å². The second-order valence-electron chi connectivity index (χ2n) is 8.14. The third-order valence-electron chi connectivity index (χ3n) is 6.01. The number of benzene rings is 1. The Morgan fingerprint density at radius 2 is 1.91 bits per heavy atom. The molecule has 0 saturated carbocycles. The molecule has 3 aromatic heterocycles. The predicted molar refractivity (Wildman–Crippen MR) is 122 cm³/mol. The number of hydrogen-bond donors (Lipinski definition) is 1. The van der Waals surface area contributed by atoms with Crippen LogP contribution in [-0.2, 0) is 11.3 Å². The summed E-state index contributed by atoms with van der Waals surface area (Å²) in [7, 11) is 0. The van der Waals surface area contributed by atoms with E-state index in [1.807, 2.05) is 47.0 Å². The molecule has 1 fully saturated rings. The first-order valence-electron chi connectivity index (χ1n) is 10.9. The van der Waals surface area contributed by atoms with E-state index in [1.54, 1.807) is 12.4 Å². The Balaban J connectivity index is 1.26. The van der Waals surface area contributed by atoms with Gasteiger partial charge >= 0.3 is 0 Å². The van der Waals surface area contributed by atoms with E-state index in [4.69, 9.17) is 5.10 Å². The number of amides is 1. The lowest BCUT2D eigenvalue weighted by Gasteiger charge is -2.32. The molecule has 1 amide bonds. The van der Waals surface area contributed by atoms with E-state index < -0.39 is 0 Å². The molecule has 5 rings (SSSR count). The van der Waals surface area contributed by atoms with Crippen LogP contribution in [-0.4, -0.2) is 43.8 Å². The standard InChI is InChI=1S/C24H25N7O/c1-17-5-2-3-7-20(17)23-28-27-21-8-9-22(29-31(21)23)30-13-10-19(11-14-30)24(32)26-16-18-6-4-12-25-15-18/h2-9,12,15,19H,10-11,13-14,16H2,1H3,(H,26,32). The van der Waals surface area contributed by atoms with Gasteiger partial charge in [0.1, 0.15) is 5.82 Å². The van der Waals surface area contributed by atoms with Crippen LogP contribution in [0.15, 0.2) is 60.9 Å². The molecular weight excluding hydrogens is 402 g/mol. The molecule has 1 aromatic carbocycles. The number of anilines is 1. The van der Waals surface area contributed by atoms with Gasteiger partial charge in [-0.1, -0.05) is 30.3 Å². The number of carbonyl (C=O) groups is 1. The Hall–Kier alpha value is -3.81. The number of nitrogens with zero attached hydrogens (tertiary/aromatic N) is 6. The maximum absolute atomic E-state index is 12.6. The monoisotopic (exact) mass is 427 g/mol. The summed E-state index contributed by atoms with van der Waals surface area (Å²) in [6, 6.07) is 15.9. The molecule has 0 atom stereocenters. The van der Waals surface area contributed by atoms with E-state index in [0.717, 1.165) is 59.9 Å². The Morgan fingerprint density at radius 3 is 2.69 bits per heavy atom. The Labute approximate surface area is 186 Å². The van der Waals surface area contributed by atoms with Crippen molar-refractivity contribution in [1.29, 1.82) is 0 Å². The van der Waals surface area contributed by atoms with Crippen molar-refractivity contribution in [1.82, 2.24) is 30.1 Å². The first-order chi connectivity index (χ1) is 15.7. The van der Waals surface area contributed by atoms with Crippen LogP contribution in [0.4, 0.5) is 5.82 Å². The van der Waals surface area contributed by atoms with Gasteiger partial charge in [-0.05, 0) is 49.1 Å². The second-order valence-corrected chi connectivity index (χ2v) is 8.14. The van der Waals surface area contributed by atoms with Gasteiger partial charge in [0, 0.05) is 43.5 Å². The minimum atomic E-state index is 0.0177. The van der Waals surface area contributed by atoms with E-state index in [0.29, 0.717) is 6.54 Å². The number of rotatable bonds is 5. The summed E-state index contributed by atoms with van der Waals surface area (Å²) >= 11 is 0. The predicted octanol–water partition coefficient (Wildman–Crippen LogP) is 3.03. The van der Waals surface area contributed by atoms with Gasteiger partial charge in [0.25, 0.3) is 0 Å². The smallest absolute Gasteiger partial charge is 0.223 e. The SMILES string of the molecule is Cc1ccccc1-c1nnc2ccc(N3CCC(C(=O)NCc4cccnc4)CC3)nn12. The minimum absolute atomic E-state index is 0.0177. The third kappa shape index (κ3) is 4.03. The number of fused-ring (bicyclic) bond motifs is 1. The molecule has 0 unspecified atom stereocenters. The molecular formula is C24H25N7O. The van der Waals surface area contributed by atoms with Gasteiger partial charge in [-0.3, -0.25) is 9.78 Å². The van der Waals surface area contributed by atoms with Gasteiger partial charge in [0.15, 0.2) is 11.5 Å². The van der Waals surface area contributed by atoms with Gasteiger partial charge in [-0.2, -0.15) is 4.52 Å². The molecule has 1 aliphatic heterocycles. The van der Waals surface area contributed by atoms with E-state index in [2.05, 4.69) is 38.4 Å². The largest absolute Gasteiger partial charge is 0.355 e. The van der Waals surface area contributed by atoms with Crippen molar-refractivity contribution in [3.8, 4) is 11.4 Å². The van der Waals surface area contributed by atoms with E-state index in [9.17, 15) is 4.79 Å². The fourth-order valence-corrected chi connectivity index (χ4v) is 4.15. The normalized spacial score (nSPS) is 14.6. The Bertz CT molecular complexity index is 1230. The Morgan fingerprint density at radius 1 is 1.06 bits per heavy atom. The van der Waals surface area contributed by atoms with Crippen LogP contribution >= 0.6 is 0 Å². The second kappa shape index (κ2) is 8.74. The fraction of sp³-hybridized carbons (Fsp3) is 0.292. The van der Waals surface area contributed by atoms with Gasteiger partial charge in [-0.25, -0.2) is 0 Å². The average molecular weight is 428 g/mol. The quantitative estimate of drug-likeness (QED) is 0.527. The van der Waals surface area contributed by atoms with Crippen molar-refractivity contribution in [2.45, 2.75) is 26.3 Å². The van der Waals surface area contributed by atoms with Crippen LogP contribution in [0, 0.1) is 12.8 Å². The lowest BCUT2D eigenvalue weighted by Crippen LogP contribution is -2.40. The van der Waals surface area contributed by atoms with Crippen molar-refractivity contribution in [3.05, 3.63) is 72.1 Å². The zero-order valence-electron chi connectivity index (χ0n) is 18.0. The maximum Gasteiger partial charge on any atom is 0.223 e. The lowest BCUT2D eigenvalue weighted by molar-refractivity contribution is -0.125. The highest BCUT2D eigenvalue weighted by molar-refractivity contribution is 5.79. The molecule has 162 valence electrons. The number of pyridine rings is 1. The summed E-state index contributed by atoms with van der Waals surface area (Å²) in [5.74, 6) is 1.74. The van der Waals surface area contributed by atoms with Crippen molar-refractivity contribution >= 4 is 17.4 Å². The van der Waals surface area contributed by atoms with Crippen LogP contribution in [0.25, 0.3) is 17.0 Å². The zero-order chi connectivity index (χ0) is 21.9. The number of aryl methyl sites for hydroxylation is 1. The van der Waals surface area contributed by atoms with Crippen molar-refractivity contribution in [3.63, 3.8) is 0 Å². The zero-order valence-corrected chi connectivity index (χ0v) is 18.0. The van der Waals surface area contributed by atoms with Crippen LogP contribution in [0.3, 0.4) is 0 Å². The number of hydrogen-bond acceptors (Lipinski definition) is 6. The minimum Gasteiger partial charge on any atom is -0.355 e. The topological polar surface area (TPSA) is 88.3 Å². The summed E-state index contributed by atoms with van der Waals surface area (Å²) in [6.45, 7) is 4.14. The summed E-state index contributed by atoms with van der Waals surface area (Å²) < 4.78 is 1.81. The van der Waals surface area contributed by atoms with Crippen molar-refractivity contribution in [2.24, 2.45) is 5.92 Å². The van der Waals surface area contributed by atoms with Gasteiger partial charge in [0.05, 0.1) is 0 Å². The highest BCUT2D eigenvalue weighted by atomic mass is 16.1. The summed E-state index contributed by atoms with van der Waals surface area (Å²) in [5, 5.41) is 16.5. The lowest BCUT2D eigenvalue weighted by atomic mass is 9.96. The van der Waals surface area contributed by atoms with Gasteiger partial charge in [0.2, 0.25) is 5.91 Å². The Kier molecular flexibility index (Phi) is 5.49. The molecule has 1 aliphatic rings. The van der Waals surface area contributed by atoms with Gasteiger partial charge in [-0.15, -0.1) is 15.3 Å². The molecule has 4 aromatic rings. The van der Waals surface area contributed by atoms with Crippen LogP contribution < -0.4 is 10.2 Å². The van der Waals surface area contributed by atoms with Crippen molar-refractivity contribution in [2.75, 3.05) is 18.0 Å². The third-order valence-corrected chi connectivity index (χ3v) is 6.01. The fourth-order valence-electron chi connectivity index (χ4n) is 4.15. The number of aromatic nitrogens is 5. The average Bonchev–Trinajstić information content (AvgIpc) is 3.27. The number of nitrogens with one attached hydrogen (secondary N) is 1. The molecule has 1 N–H and O–H groups in total. The molecule has 4 heterocycles. The molecule has 0 aliphatic carbocycles. The maximum atomic E-state index is 12.6. The summed E-state index contributed by atoms with van der Waals surface area (Å²) in [4.78, 5) is 18.9. The van der Waals surface area contributed by atoms with Crippen LogP contribution in [0.1, 0.15) is 24.0 Å². The molecule has 8 nitrogen and oxygen atoms in total. The van der Waals surface area contributed by atoms with Crippen molar-refractivity contribution < 1.29 is 4.79 Å². The number of piperidine rings is 1. The summed E-state index contributed by atoms with van der Waals surface area (Å²) in [5.41, 5.74) is 3.88. The summed E-state index contributed by atoms with van der Waals surface area (Å²) in [6.07, 6.45) is 5.11. The highest BCUT2D eigenvalue weighted by Crippen LogP contribution is 2.25. The first-order valence-corrected chi connectivity index (χ1v) is 10.9. The van der Waals surface area contributed by atoms with E-state index in [-0.39, 0.29) is 11.8 Å². The van der Waals surface area contributed by atoms with E-state index in [1.165, 1.54) is 0 Å². The molecule has 0 spiro atoms. The number of carbonyl (C=O) groups excluding carboxylic acids is 1. The molecule has 32 heavy (non-hydrogen) atoms. The molecule has 0 bridgehead atoms. The first kappa shape index (κ1) is 20.1. The van der Waals surface area contributed by atoms with E-state index >= 15 is 0 Å².